The Balaban J connectivity index is 2.39. The van der Waals surface area contributed by atoms with E-state index >= 15 is 0 Å². The number of hydrogen-bond acceptors (Lipinski definition) is 7. The van der Waals surface area contributed by atoms with E-state index in [4.69, 9.17) is 0 Å². The number of aromatic nitrogens is 2. The SMILES string of the molecule is COC(=O)CCCS(=O)(=O)c1nc(-c2cccs2)cc(C(F)(F)F)n1. The van der Waals surface area contributed by atoms with Gasteiger partial charge >= 0.3 is 12.1 Å². The molecule has 0 bridgehead atoms. The van der Waals surface area contributed by atoms with E-state index in [-0.39, 0.29) is 18.5 Å². The molecule has 11 heteroatoms. The van der Waals surface area contributed by atoms with E-state index in [2.05, 4.69) is 14.7 Å². The lowest BCUT2D eigenvalue weighted by Crippen LogP contribution is -2.17. The maximum Gasteiger partial charge on any atom is 0.433 e. The normalized spacial score (nSPS) is 12.2. The standard InChI is InChI=1S/C14H13F3N2O4S2/c1-23-12(20)5-3-7-25(21,22)13-18-9(10-4-2-6-24-10)8-11(19-13)14(15,16)17/h2,4,6,8H,3,5,7H2,1H3. The summed E-state index contributed by atoms with van der Waals surface area (Å²) in [6.07, 6.45) is -5.10. The van der Waals surface area contributed by atoms with Crippen LogP contribution < -0.4 is 0 Å². The number of ether oxygens (including phenoxy) is 1. The highest BCUT2D eigenvalue weighted by atomic mass is 32.2. The van der Waals surface area contributed by atoms with Gasteiger partial charge in [-0.2, -0.15) is 13.2 Å². The summed E-state index contributed by atoms with van der Waals surface area (Å²) >= 11 is 1.13. The molecule has 2 rings (SSSR count). The highest BCUT2D eigenvalue weighted by Crippen LogP contribution is 2.32. The molecule has 136 valence electrons. The van der Waals surface area contributed by atoms with Gasteiger partial charge in [0.2, 0.25) is 15.0 Å². The first-order valence-electron chi connectivity index (χ1n) is 6.93. The Morgan fingerprint density at radius 1 is 1.32 bits per heavy atom. The summed E-state index contributed by atoms with van der Waals surface area (Å²) < 4.78 is 68.0. The van der Waals surface area contributed by atoms with Gasteiger partial charge < -0.3 is 4.74 Å². The van der Waals surface area contributed by atoms with Crippen molar-refractivity contribution >= 4 is 27.1 Å². The third-order valence-corrected chi connectivity index (χ3v) is 5.53. The Morgan fingerprint density at radius 3 is 2.60 bits per heavy atom. The van der Waals surface area contributed by atoms with E-state index in [0.29, 0.717) is 10.9 Å². The number of thiophene rings is 1. The van der Waals surface area contributed by atoms with Crippen molar-refractivity contribution < 1.29 is 31.1 Å². The third kappa shape index (κ3) is 4.98. The van der Waals surface area contributed by atoms with Crippen LogP contribution in [0, 0.1) is 0 Å². The Kier molecular flexibility index (Phi) is 5.78. The summed E-state index contributed by atoms with van der Waals surface area (Å²) in [4.78, 5) is 18.4. The summed E-state index contributed by atoms with van der Waals surface area (Å²) in [7, 11) is -3.03. The van der Waals surface area contributed by atoms with Gasteiger partial charge in [-0.05, 0) is 23.9 Å². The van der Waals surface area contributed by atoms with E-state index < -0.39 is 38.6 Å². The Bertz CT molecular complexity index is 849. The van der Waals surface area contributed by atoms with Crippen molar-refractivity contribution in [3.05, 3.63) is 29.3 Å². The molecule has 2 aromatic rings. The second-order valence-corrected chi connectivity index (χ2v) is 7.85. The molecule has 0 aromatic carbocycles. The summed E-state index contributed by atoms with van der Waals surface area (Å²) in [6.45, 7) is 0. The largest absolute Gasteiger partial charge is 0.469 e. The van der Waals surface area contributed by atoms with Crippen LogP contribution in [0.1, 0.15) is 18.5 Å². The van der Waals surface area contributed by atoms with Crippen LogP contribution in [0.5, 0.6) is 0 Å². The van der Waals surface area contributed by atoms with Crippen LogP contribution in [-0.2, 0) is 25.5 Å². The number of methoxy groups -OCH3 is 1. The van der Waals surface area contributed by atoms with Gasteiger partial charge in [-0.15, -0.1) is 11.3 Å². The van der Waals surface area contributed by atoms with Crippen molar-refractivity contribution in [1.29, 1.82) is 0 Å². The minimum atomic E-state index is -4.81. The van der Waals surface area contributed by atoms with Gasteiger partial charge in [0.25, 0.3) is 0 Å². The fraction of sp³-hybridized carbons (Fsp3) is 0.357. The number of alkyl halides is 3. The van der Waals surface area contributed by atoms with Crippen molar-refractivity contribution in [2.24, 2.45) is 0 Å². The number of carbonyl (C=O) groups is 1. The second-order valence-electron chi connectivity index (χ2n) is 4.89. The fourth-order valence-corrected chi connectivity index (χ4v) is 3.73. The summed E-state index contributed by atoms with van der Waals surface area (Å²) in [5.41, 5.74) is -1.46. The van der Waals surface area contributed by atoms with Gasteiger partial charge in [-0.3, -0.25) is 4.79 Å². The number of carbonyl (C=O) groups excluding carboxylic acids is 1. The van der Waals surface area contributed by atoms with Crippen LogP contribution >= 0.6 is 11.3 Å². The average Bonchev–Trinajstić information content (AvgIpc) is 3.07. The minimum Gasteiger partial charge on any atom is -0.469 e. The number of sulfone groups is 1. The van der Waals surface area contributed by atoms with Gasteiger partial charge in [0.15, 0.2) is 0 Å². The number of rotatable bonds is 6. The fourth-order valence-electron chi connectivity index (χ4n) is 1.86. The number of hydrogen-bond donors (Lipinski definition) is 0. The molecule has 2 heterocycles. The molecule has 6 nitrogen and oxygen atoms in total. The predicted molar refractivity (Wildman–Crippen MR) is 83.6 cm³/mol. The molecule has 25 heavy (non-hydrogen) atoms. The topological polar surface area (TPSA) is 86.2 Å². The van der Waals surface area contributed by atoms with Crippen molar-refractivity contribution in [2.45, 2.75) is 24.2 Å². The average molecular weight is 394 g/mol. The van der Waals surface area contributed by atoms with Crippen LogP contribution in [0.3, 0.4) is 0 Å². The maximum absolute atomic E-state index is 13.0. The van der Waals surface area contributed by atoms with Crippen molar-refractivity contribution in [2.75, 3.05) is 12.9 Å². The maximum atomic E-state index is 13.0. The van der Waals surface area contributed by atoms with E-state index in [1.165, 1.54) is 6.07 Å². The zero-order valence-corrected chi connectivity index (χ0v) is 14.5. The quantitative estimate of drug-likeness (QED) is 0.553. The van der Waals surface area contributed by atoms with Crippen molar-refractivity contribution in [1.82, 2.24) is 9.97 Å². The first-order valence-corrected chi connectivity index (χ1v) is 9.46. The molecule has 0 atom stereocenters. The van der Waals surface area contributed by atoms with E-state index in [0.717, 1.165) is 18.4 Å². The van der Waals surface area contributed by atoms with Crippen molar-refractivity contribution in [3.63, 3.8) is 0 Å². The summed E-state index contributed by atoms with van der Waals surface area (Å²) in [5, 5.41) is 0.727. The molecule has 0 saturated heterocycles. The molecule has 2 aromatic heterocycles. The molecule has 0 fully saturated rings. The lowest BCUT2D eigenvalue weighted by atomic mass is 10.3. The molecule has 0 N–H and O–H groups in total. The van der Waals surface area contributed by atoms with Gasteiger partial charge in [-0.1, -0.05) is 6.07 Å². The molecule has 0 aliphatic rings. The van der Waals surface area contributed by atoms with Gasteiger partial charge in [0, 0.05) is 6.42 Å². The second kappa shape index (κ2) is 7.48. The molecule has 0 saturated carbocycles. The Morgan fingerprint density at radius 2 is 2.04 bits per heavy atom. The van der Waals surface area contributed by atoms with Crippen LogP contribution in [0.2, 0.25) is 0 Å². The third-order valence-electron chi connectivity index (χ3n) is 3.07. The molecular formula is C14H13F3N2O4S2. The molecule has 0 aliphatic carbocycles. The molecule has 0 spiro atoms. The zero-order valence-electron chi connectivity index (χ0n) is 12.9. The lowest BCUT2D eigenvalue weighted by Gasteiger charge is -2.10. The van der Waals surface area contributed by atoms with Crippen LogP contribution in [-0.4, -0.2) is 37.2 Å². The predicted octanol–water partition coefficient (Wildman–Crippen LogP) is 2.95. The molecule has 0 radical (unpaired) electrons. The van der Waals surface area contributed by atoms with Gasteiger partial charge in [0.1, 0.15) is 5.69 Å². The Labute approximate surface area is 145 Å². The Hall–Kier alpha value is -2.01. The van der Waals surface area contributed by atoms with Crippen LogP contribution in [0.25, 0.3) is 10.6 Å². The highest BCUT2D eigenvalue weighted by molar-refractivity contribution is 7.91. The molecule has 0 unspecified atom stereocenters. The summed E-state index contributed by atoms with van der Waals surface area (Å²) in [6, 6.07) is 3.85. The van der Waals surface area contributed by atoms with E-state index in [1.807, 2.05) is 0 Å². The number of halogens is 3. The number of nitrogens with zero attached hydrogens (tertiary/aromatic N) is 2. The zero-order chi connectivity index (χ0) is 18.7. The number of esters is 1. The van der Waals surface area contributed by atoms with Crippen molar-refractivity contribution in [3.8, 4) is 10.6 Å². The molecule has 0 amide bonds. The first kappa shape index (κ1) is 19.3. The van der Waals surface area contributed by atoms with Gasteiger partial charge in [-0.25, -0.2) is 18.4 Å². The smallest absolute Gasteiger partial charge is 0.433 e. The summed E-state index contributed by atoms with van der Waals surface area (Å²) in [5.74, 6) is -1.17. The van der Waals surface area contributed by atoms with E-state index in [1.54, 1.807) is 11.4 Å². The first-order chi connectivity index (χ1) is 11.6. The van der Waals surface area contributed by atoms with Gasteiger partial charge in [0.05, 0.1) is 23.4 Å². The van der Waals surface area contributed by atoms with E-state index in [9.17, 15) is 26.4 Å². The lowest BCUT2D eigenvalue weighted by molar-refractivity contribution is -0.142. The monoisotopic (exact) mass is 394 g/mol. The molecule has 0 aliphatic heterocycles. The highest BCUT2D eigenvalue weighted by Gasteiger charge is 2.35. The van der Waals surface area contributed by atoms with Crippen LogP contribution in [0.4, 0.5) is 13.2 Å². The van der Waals surface area contributed by atoms with Crippen LogP contribution in [0.15, 0.2) is 28.7 Å². The molecular weight excluding hydrogens is 381 g/mol. The minimum absolute atomic E-state index is 0.108.